The summed E-state index contributed by atoms with van der Waals surface area (Å²) in [6, 6.07) is 0.575. The number of amides is 1. The number of hydrogen-bond donors (Lipinski definition) is 2. The van der Waals surface area contributed by atoms with Crippen molar-refractivity contribution in [2.24, 2.45) is 5.73 Å². The first kappa shape index (κ1) is 19.6. The lowest BCUT2D eigenvalue weighted by Gasteiger charge is -2.26. The number of hydrogen-bond acceptors (Lipinski definition) is 4. The molecular weight excluding hydrogens is 317 g/mol. The van der Waals surface area contributed by atoms with Crippen LogP contribution in [0, 0.1) is 0 Å². The molecule has 116 valence electrons. The van der Waals surface area contributed by atoms with Crippen molar-refractivity contribution in [3.63, 3.8) is 0 Å². The van der Waals surface area contributed by atoms with Gasteiger partial charge in [0.25, 0.3) is 5.91 Å². The number of aromatic nitrogens is 1. The maximum Gasteiger partial charge on any atom is 0.270 e. The molecule has 1 amide bonds. The van der Waals surface area contributed by atoms with Crippen molar-refractivity contribution in [2.45, 2.75) is 57.5 Å². The summed E-state index contributed by atoms with van der Waals surface area (Å²) >= 11 is 1.56. The Hall–Kier alpha value is -0.360. The van der Waals surface area contributed by atoms with Crippen molar-refractivity contribution < 1.29 is 4.79 Å². The minimum Gasteiger partial charge on any atom is -0.348 e. The van der Waals surface area contributed by atoms with Gasteiger partial charge < -0.3 is 11.1 Å². The van der Waals surface area contributed by atoms with Crippen molar-refractivity contribution in [2.75, 3.05) is 0 Å². The van der Waals surface area contributed by atoms with Gasteiger partial charge in [-0.15, -0.1) is 36.2 Å². The second-order valence-electron chi connectivity index (χ2n) is 5.31. The number of halogens is 2. The molecule has 7 heteroatoms. The van der Waals surface area contributed by atoms with E-state index in [9.17, 15) is 4.79 Å². The van der Waals surface area contributed by atoms with Crippen LogP contribution < -0.4 is 11.1 Å². The second-order valence-corrected chi connectivity index (χ2v) is 6.20. The highest BCUT2D eigenvalue weighted by molar-refractivity contribution is 7.09. The summed E-state index contributed by atoms with van der Waals surface area (Å²) in [5, 5.41) is 5.92. The van der Waals surface area contributed by atoms with Gasteiger partial charge in [-0.1, -0.05) is 13.8 Å². The van der Waals surface area contributed by atoms with Crippen molar-refractivity contribution in [1.82, 2.24) is 10.3 Å². The average molecular weight is 340 g/mol. The molecule has 3 N–H and O–H groups in total. The minimum absolute atomic E-state index is 0. The topological polar surface area (TPSA) is 68.0 Å². The Labute approximate surface area is 136 Å². The van der Waals surface area contributed by atoms with Crippen LogP contribution in [0.15, 0.2) is 5.38 Å². The number of nitrogens with one attached hydrogen (secondary N) is 1. The van der Waals surface area contributed by atoms with Crippen LogP contribution in [-0.4, -0.2) is 23.0 Å². The molecule has 0 spiro atoms. The van der Waals surface area contributed by atoms with E-state index in [1.54, 1.807) is 11.3 Å². The standard InChI is InChI=1S/C13H21N3OS.2ClH/c1-8(2)13-16-11(7-18-13)12(17)15-10-5-3-9(14)4-6-10;;/h7-10H,3-6,14H2,1-2H3,(H,15,17);2*1H. The lowest BCUT2D eigenvalue weighted by molar-refractivity contribution is 0.0921. The highest BCUT2D eigenvalue weighted by atomic mass is 35.5. The van der Waals surface area contributed by atoms with Gasteiger partial charge >= 0.3 is 0 Å². The number of rotatable bonds is 3. The van der Waals surface area contributed by atoms with Crippen LogP contribution in [0.25, 0.3) is 0 Å². The van der Waals surface area contributed by atoms with Crippen LogP contribution in [0.4, 0.5) is 0 Å². The summed E-state index contributed by atoms with van der Waals surface area (Å²) in [5.74, 6) is 0.336. The zero-order chi connectivity index (χ0) is 13.1. The molecule has 1 aliphatic carbocycles. The molecular formula is C13H23Cl2N3OS. The molecule has 1 saturated carbocycles. The fourth-order valence-electron chi connectivity index (χ4n) is 2.18. The summed E-state index contributed by atoms with van der Waals surface area (Å²) in [6.07, 6.45) is 3.96. The SMILES string of the molecule is CC(C)c1nc(C(=O)NC2CCC(N)CC2)cs1.Cl.Cl. The van der Waals surface area contributed by atoms with Gasteiger partial charge in [-0.05, 0) is 25.7 Å². The van der Waals surface area contributed by atoms with E-state index in [2.05, 4.69) is 24.1 Å². The van der Waals surface area contributed by atoms with Gasteiger partial charge in [0.15, 0.2) is 0 Å². The van der Waals surface area contributed by atoms with E-state index in [-0.39, 0.29) is 36.8 Å². The largest absolute Gasteiger partial charge is 0.348 e. The molecule has 0 aliphatic heterocycles. The molecule has 1 heterocycles. The van der Waals surface area contributed by atoms with E-state index in [1.165, 1.54) is 0 Å². The Kier molecular flexibility index (Phi) is 8.66. The minimum atomic E-state index is -0.0429. The zero-order valence-electron chi connectivity index (χ0n) is 11.8. The predicted octanol–water partition coefficient (Wildman–Crippen LogP) is 3.11. The summed E-state index contributed by atoms with van der Waals surface area (Å²) < 4.78 is 0. The van der Waals surface area contributed by atoms with Gasteiger partial charge in [-0.3, -0.25) is 4.79 Å². The Bertz CT molecular complexity index is 418. The second kappa shape index (κ2) is 8.82. The third-order valence-corrected chi connectivity index (χ3v) is 4.50. The maximum atomic E-state index is 12.0. The van der Waals surface area contributed by atoms with Crippen molar-refractivity contribution in [1.29, 1.82) is 0 Å². The molecule has 0 unspecified atom stereocenters. The number of carbonyl (C=O) groups excluding carboxylic acids is 1. The van der Waals surface area contributed by atoms with Crippen molar-refractivity contribution >= 4 is 42.1 Å². The lowest BCUT2D eigenvalue weighted by Crippen LogP contribution is -2.40. The molecule has 20 heavy (non-hydrogen) atoms. The number of nitrogens with two attached hydrogens (primary N) is 1. The first-order chi connectivity index (χ1) is 8.56. The van der Waals surface area contributed by atoms with E-state index in [0.29, 0.717) is 17.7 Å². The van der Waals surface area contributed by atoms with Crippen molar-refractivity contribution in [3.8, 4) is 0 Å². The normalized spacial score (nSPS) is 21.8. The van der Waals surface area contributed by atoms with Crippen LogP contribution in [0.2, 0.25) is 0 Å². The number of nitrogens with zero attached hydrogens (tertiary/aromatic N) is 1. The van der Waals surface area contributed by atoms with Crippen LogP contribution in [0.1, 0.15) is 60.9 Å². The monoisotopic (exact) mass is 339 g/mol. The molecule has 1 aromatic heterocycles. The van der Waals surface area contributed by atoms with Gasteiger partial charge in [0, 0.05) is 23.4 Å². The van der Waals surface area contributed by atoms with E-state index < -0.39 is 0 Å². The van der Waals surface area contributed by atoms with Gasteiger partial charge in [-0.2, -0.15) is 0 Å². The summed E-state index contributed by atoms with van der Waals surface area (Å²) in [7, 11) is 0. The molecule has 1 fully saturated rings. The summed E-state index contributed by atoms with van der Waals surface area (Å²) in [4.78, 5) is 16.4. The quantitative estimate of drug-likeness (QED) is 0.888. The molecule has 0 bridgehead atoms. The van der Waals surface area contributed by atoms with E-state index >= 15 is 0 Å². The van der Waals surface area contributed by atoms with E-state index in [1.807, 2.05) is 5.38 Å². The lowest BCUT2D eigenvalue weighted by atomic mass is 9.92. The number of carbonyl (C=O) groups is 1. The van der Waals surface area contributed by atoms with Gasteiger partial charge in [0.05, 0.1) is 5.01 Å². The van der Waals surface area contributed by atoms with E-state index in [4.69, 9.17) is 5.73 Å². The predicted molar refractivity (Wildman–Crippen MR) is 88.4 cm³/mol. The van der Waals surface area contributed by atoms with Crippen LogP contribution in [-0.2, 0) is 0 Å². The zero-order valence-corrected chi connectivity index (χ0v) is 14.2. The first-order valence-electron chi connectivity index (χ1n) is 6.58. The highest BCUT2D eigenvalue weighted by Gasteiger charge is 2.21. The van der Waals surface area contributed by atoms with Crippen molar-refractivity contribution in [3.05, 3.63) is 16.1 Å². The molecule has 1 aliphatic rings. The maximum absolute atomic E-state index is 12.0. The smallest absolute Gasteiger partial charge is 0.270 e. The van der Waals surface area contributed by atoms with Crippen LogP contribution in [0.3, 0.4) is 0 Å². The summed E-state index contributed by atoms with van der Waals surface area (Å²) in [5.41, 5.74) is 6.41. The molecule has 0 saturated heterocycles. The number of thiazole rings is 1. The molecule has 4 nitrogen and oxygen atoms in total. The Morgan fingerprint density at radius 1 is 1.35 bits per heavy atom. The third-order valence-electron chi connectivity index (χ3n) is 3.36. The Balaban J connectivity index is 0.00000180. The van der Waals surface area contributed by atoms with Crippen LogP contribution >= 0.6 is 36.2 Å². The first-order valence-corrected chi connectivity index (χ1v) is 7.46. The van der Waals surface area contributed by atoms with Gasteiger partial charge in [0.2, 0.25) is 0 Å². The molecule has 0 aromatic carbocycles. The Morgan fingerprint density at radius 3 is 2.45 bits per heavy atom. The molecule has 1 aromatic rings. The molecule has 0 atom stereocenters. The van der Waals surface area contributed by atoms with E-state index in [0.717, 1.165) is 30.7 Å². The van der Waals surface area contributed by atoms with Gasteiger partial charge in [-0.25, -0.2) is 4.98 Å². The molecule has 2 rings (SSSR count). The van der Waals surface area contributed by atoms with Gasteiger partial charge in [0.1, 0.15) is 5.69 Å². The average Bonchev–Trinajstić information content (AvgIpc) is 2.81. The van der Waals surface area contributed by atoms with Crippen LogP contribution in [0.5, 0.6) is 0 Å². The highest BCUT2D eigenvalue weighted by Crippen LogP contribution is 2.20. The third kappa shape index (κ3) is 5.20. The fourth-order valence-corrected chi connectivity index (χ4v) is 3.00. The fraction of sp³-hybridized carbons (Fsp3) is 0.692. The Morgan fingerprint density at radius 2 is 1.95 bits per heavy atom. The summed E-state index contributed by atoms with van der Waals surface area (Å²) in [6.45, 7) is 4.17. The molecule has 0 radical (unpaired) electrons.